The lowest BCUT2D eigenvalue weighted by molar-refractivity contribution is 0.729. The number of hydrogen-bond donors (Lipinski definition) is 1. The maximum atomic E-state index is 6.05. The molecule has 1 heterocycles. The third-order valence-corrected chi connectivity index (χ3v) is 5.63. The molecule has 1 aromatic heterocycles. The third-order valence-electron chi connectivity index (χ3n) is 2.32. The minimum Gasteiger partial charge on any atom is -0.328 e. The molecule has 0 amide bonds. The summed E-state index contributed by atoms with van der Waals surface area (Å²) in [6.45, 7) is 1.99. The van der Waals surface area contributed by atoms with Gasteiger partial charge in [0.15, 0.2) is 8.68 Å². The van der Waals surface area contributed by atoms with E-state index in [0.29, 0.717) is 0 Å². The summed E-state index contributed by atoms with van der Waals surface area (Å²) in [5, 5.41) is 9.01. The molecule has 1 atom stereocenters. The average Bonchev–Trinajstić information content (AvgIpc) is 2.80. The maximum Gasteiger partial charge on any atom is 0.179 e. The van der Waals surface area contributed by atoms with Crippen LogP contribution in [0.3, 0.4) is 0 Å². The van der Waals surface area contributed by atoms with E-state index in [2.05, 4.69) is 10.2 Å². The Kier molecular flexibility index (Phi) is 5.53. The molecule has 102 valence electrons. The van der Waals surface area contributed by atoms with Crippen LogP contribution in [0, 0.1) is 0 Å². The van der Waals surface area contributed by atoms with Crippen LogP contribution in [0.1, 0.15) is 12.5 Å². The molecule has 0 aliphatic rings. The fourth-order valence-corrected chi connectivity index (χ4v) is 4.28. The molecule has 0 spiro atoms. The second-order valence-corrected chi connectivity index (χ2v) is 7.83. The minimum absolute atomic E-state index is 0.106. The topological polar surface area (TPSA) is 51.8 Å². The van der Waals surface area contributed by atoms with E-state index < -0.39 is 0 Å². The van der Waals surface area contributed by atoms with Gasteiger partial charge < -0.3 is 5.73 Å². The van der Waals surface area contributed by atoms with Crippen LogP contribution in [0.4, 0.5) is 0 Å². The van der Waals surface area contributed by atoms with Gasteiger partial charge >= 0.3 is 0 Å². The Morgan fingerprint density at radius 2 is 2.11 bits per heavy atom. The predicted octanol–water partition coefficient (Wildman–Crippen LogP) is 3.95. The highest BCUT2D eigenvalue weighted by Gasteiger charge is 2.11. The largest absolute Gasteiger partial charge is 0.328 e. The number of benzene rings is 1. The van der Waals surface area contributed by atoms with Crippen LogP contribution in [0.15, 0.2) is 31.8 Å². The number of nitrogens with two attached hydrogens (primary N) is 1. The van der Waals surface area contributed by atoms with Gasteiger partial charge in [-0.2, -0.15) is 0 Å². The maximum absolute atomic E-state index is 6.05. The summed E-state index contributed by atoms with van der Waals surface area (Å²) in [6, 6.07) is 5.99. The zero-order valence-corrected chi connectivity index (χ0v) is 13.8. The third kappa shape index (κ3) is 4.36. The molecule has 0 fully saturated rings. The lowest BCUT2D eigenvalue weighted by atomic mass is 10.1. The smallest absolute Gasteiger partial charge is 0.179 e. The van der Waals surface area contributed by atoms with Gasteiger partial charge in [-0.25, -0.2) is 0 Å². The molecule has 19 heavy (non-hydrogen) atoms. The first-order valence-corrected chi connectivity index (χ1v) is 8.91. The SMILES string of the molecule is CSc1nnc(Sc2ccc(Cl)cc2CC(C)N)s1. The fourth-order valence-electron chi connectivity index (χ4n) is 1.57. The predicted molar refractivity (Wildman–Crippen MR) is 84.6 cm³/mol. The molecule has 0 aliphatic heterocycles. The molecule has 1 unspecified atom stereocenters. The number of hydrogen-bond acceptors (Lipinski definition) is 6. The molecular formula is C12H14ClN3S3. The molecule has 0 aliphatic carbocycles. The van der Waals surface area contributed by atoms with E-state index in [-0.39, 0.29) is 6.04 Å². The number of thioether (sulfide) groups is 1. The van der Waals surface area contributed by atoms with Crippen molar-refractivity contribution in [2.75, 3.05) is 6.26 Å². The van der Waals surface area contributed by atoms with Crippen molar-refractivity contribution >= 4 is 46.5 Å². The van der Waals surface area contributed by atoms with Gasteiger partial charge in [-0.15, -0.1) is 10.2 Å². The zero-order chi connectivity index (χ0) is 13.8. The van der Waals surface area contributed by atoms with Crippen LogP contribution < -0.4 is 5.73 Å². The Morgan fingerprint density at radius 1 is 1.37 bits per heavy atom. The first-order chi connectivity index (χ1) is 9.08. The summed E-state index contributed by atoms with van der Waals surface area (Å²) in [4.78, 5) is 1.14. The summed E-state index contributed by atoms with van der Waals surface area (Å²) < 4.78 is 1.92. The number of rotatable bonds is 5. The highest BCUT2D eigenvalue weighted by Crippen LogP contribution is 2.35. The van der Waals surface area contributed by atoms with Gasteiger partial charge in [-0.05, 0) is 43.4 Å². The van der Waals surface area contributed by atoms with E-state index in [1.807, 2.05) is 31.4 Å². The Hall–Kier alpha value is -0.270. The van der Waals surface area contributed by atoms with Gasteiger partial charge in [0.05, 0.1) is 0 Å². The summed E-state index contributed by atoms with van der Waals surface area (Å²) >= 11 is 10.9. The lowest BCUT2D eigenvalue weighted by Gasteiger charge is -2.10. The standard InChI is InChI=1S/C12H14ClN3S3/c1-7(14)5-8-6-9(13)3-4-10(8)18-12-16-15-11(17-2)19-12/h3-4,6-7H,5,14H2,1-2H3. The summed E-state index contributed by atoms with van der Waals surface area (Å²) in [7, 11) is 0. The van der Waals surface area contributed by atoms with Crippen molar-refractivity contribution in [3.05, 3.63) is 28.8 Å². The Labute approximate surface area is 130 Å². The van der Waals surface area contributed by atoms with E-state index >= 15 is 0 Å². The lowest BCUT2D eigenvalue weighted by Crippen LogP contribution is -2.18. The second kappa shape index (κ2) is 6.95. The molecule has 2 N–H and O–H groups in total. The average molecular weight is 332 g/mol. The van der Waals surface area contributed by atoms with E-state index in [1.54, 1.807) is 34.9 Å². The number of nitrogens with zero attached hydrogens (tertiary/aromatic N) is 2. The Morgan fingerprint density at radius 3 is 2.74 bits per heavy atom. The summed E-state index contributed by atoms with van der Waals surface area (Å²) in [6.07, 6.45) is 2.80. The van der Waals surface area contributed by atoms with Crippen LogP contribution in [-0.2, 0) is 6.42 Å². The zero-order valence-electron chi connectivity index (χ0n) is 10.6. The van der Waals surface area contributed by atoms with E-state index in [9.17, 15) is 0 Å². The van der Waals surface area contributed by atoms with E-state index in [0.717, 1.165) is 30.6 Å². The molecule has 7 heteroatoms. The molecule has 0 saturated carbocycles. The van der Waals surface area contributed by atoms with Crippen molar-refractivity contribution < 1.29 is 0 Å². The van der Waals surface area contributed by atoms with Gasteiger partial charge in [0.2, 0.25) is 0 Å². The van der Waals surface area contributed by atoms with Gasteiger partial charge in [-0.1, -0.05) is 46.5 Å². The number of aromatic nitrogens is 2. The van der Waals surface area contributed by atoms with Crippen molar-refractivity contribution in [3.8, 4) is 0 Å². The first kappa shape index (κ1) is 15.1. The van der Waals surface area contributed by atoms with Gasteiger partial charge in [0.1, 0.15) is 0 Å². The Balaban J connectivity index is 2.23. The quantitative estimate of drug-likeness (QED) is 0.840. The van der Waals surface area contributed by atoms with Crippen molar-refractivity contribution in [3.63, 3.8) is 0 Å². The van der Waals surface area contributed by atoms with E-state index in [4.69, 9.17) is 17.3 Å². The molecule has 0 bridgehead atoms. The molecule has 3 nitrogen and oxygen atoms in total. The molecular weight excluding hydrogens is 318 g/mol. The van der Waals surface area contributed by atoms with Crippen molar-refractivity contribution in [2.24, 2.45) is 5.73 Å². The summed E-state index contributed by atoms with van der Waals surface area (Å²) in [5.74, 6) is 0. The van der Waals surface area contributed by atoms with Gasteiger partial charge in [0.25, 0.3) is 0 Å². The monoisotopic (exact) mass is 331 g/mol. The number of halogens is 1. The molecule has 2 rings (SSSR count). The molecule has 0 radical (unpaired) electrons. The van der Waals surface area contributed by atoms with Crippen molar-refractivity contribution in [1.82, 2.24) is 10.2 Å². The molecule has 2 aromatic rings. The molecule has 1 aromatic carbocycles. The fraction of sp³-hybridized carbons (Fsp3) is 0.333. The highest BCUT2D eigenvalue weighted by atomic mass is 35.5. The van der Waals surface area contributed by atoms with Crippen LogP contribution in [0.2, 0.25) is 5.02 Å². The Bertz CT molecular complexity index is 557. The summed E-state index contributed by atoms with van der Waals surface area (Å²) in [5.41, 5.74) is 7.04. The second-order valence-electron chi connectivity index (χ2n) is 4.07. The van der Waals surface area contributed by atoms with Crippen LogP contribution in [0.5, 0.6) is 0 Å². The van der Waals surface area contributed by atoms with E-state index in [1.165, 1.54) is 0 Å². The minimum atomic E-state index is 0.106. The van der Waals surface area contributed by atoms with Gasteiger partial charge in [-0.3, -0.25) is 0 Å². The van der Waals surface area contributed by atoms with Crippen molar-refractivity contribution in [2.45, 2.75) is 33.0 Å². The van der Waals surface area contributed by atoms with Crippen molar-refractivity contribution in [1.29, 1.82) is 0 Å². The van der Waals surface area contributed by atoms with Crippen LogP contribution in [-0.4, -0.2) is 22.5 Å². The van der Waals surface area contributed by atoms with Crippen LogP contribution in [0.25, 0.3) is 0 Å². The first-order valence-electron chi connectivity index (χ1n) is 5.68. The molecule has 0 saturated heterocycles. The van der Waals surface area contributed by atoms with Gasteiger partial charge in [0, 0.05) is 16.0 Å². The van der Waals surface area contributed by atoms with Crippen LogP contribution >= 0.6 is 46.5 Å². The highest BCUT2D eigenvalue weighted by molar-refractivity contribution is 8.03. The normalized spacial score (nSPS) is 12.6.